The number of fused-ring (bicyclic) bond motifs is 2. The van der Waals surface area contributed by atoms with Crippen molar-refractivity contribution in [2.45, 2.75) is 52.8 Å². The van der Waals surface area contributed by atoms with E-state index in [-0.39, 0.29) is 6.09 Å². The zero-order valence-corrected chi connectivity index (χ0v) is 23.3. The number of imidazole rings is 1. The lowest BCUT2D eigenvalue weighted by molar-refractivity contribution is 0.0225. The lowest BCUT2D eigenvalue weighted by atomic mass is 10.1. The van der Waals surface area contributed by atoms with Crippen LogP contribution in [0, 0.1) is 6.92 Å². The van der Waals surface area contributed by atoms with Crippen molar-refractivity contribution in [2.24, 2.45) is 0 Å². The molecule has 0 radical (unpaired) electrons. The maximum atomic E-state index is 12.6. The molecule has 0 spiro atoms. The molecule has 9 nitrogen and oxygen atoms in total. The summed E-state index contributed by atoms with van der Waals surface area (Å²) in [5, 5.41) is 4.34. The molecule has 1 aliphatic heterocycles. The van der Waals surface area contributed by atoms with Crippen LogP contribution in [0.3, 0.4) is 0 Å². The van der Waals surface area contributed by atoms with Gasteiger partial charge in [0.1, 0.15) is 17.1 Å². The molecule has 1 aromatic carbocycles. The van der Waals surface area contributed by atoms with Gasteiger partial charge in [-0.2, -0.15) is 4.98 Å². The van der Waals surface area contributed by atoms with Crippen LogP contribution < -0.4 is 5.32 Å². The van der Waals surface area contributed by atoms with Gasteiger partial charge in [0.05, 0.1) is 17.1 Å². The molecule has 0 unspecified atom stereocenters. The lowest BCUT2D eigenvalue weighted by Gasteiger charge is -2.29. The van der Waals surface area contributed by atoms with E-state index in [4.69, 9.17) is 14.7 Å². The van der Waals surface area contributed by atoms with Gasteiger partial charge in [-0.05, 0) is 69.5 Å². The average molecular weight is 542 g/mol. The molecule has 0 aliphatic carbocycles. The molecule has 0 saturated heterocycles. The van der Waals surface area contributed by atoms with Crippen molar-refractivity contribution in [3.8, 4) is 10.6 Å². The van der Waals surface area contributed by atoms with Crippen molar-refractivity contribution >= 4 is 40.1 Å². The third-order valence-electron chi connectivity index (χ3n) is 6.65. The number of rotatable bonds is 5. The molecule has 5 aromatic rings. The Morgan fingerprint density at radius 1 is 1.18 bits per heavy atom. The number of nitrogens with zero attached hydrogens (tertiary/aromatic N) is 5. The van der Waals surface area contributed by atoms with Crippen LogP contribution in [0.1, 0.15) is 42.6 Å². The number of aromatic amines is 1. The number of carbonyl (C=O) groups excluding carboxylic acids is 1. The molecular formula is C29H31N7O2S. The highest BCUT2D eigenvalue weighted by Gasteiger charge is 2.27. The lowest BCUT2D eigenvalue weighted by Crippen LogP contribution is -2.39. The Hall–Kier alpha value is -4.18. The van der Waals surface area contributed by atoms with E-state index in [0.717, 1.165) is 51.6 Å². The summed E-state index contributed by atoms with van der Waals surface area (Å²) in [4.78, 5) is 33.9. The van der Waals surface area contributed by atoms with Gasteiger partial charge in [0.25, 0.3) is 0 Å². The molecule has 0 fully saturated rings. The minimum absolute atomic E-state index is 0.270. The first-order valence-electron chi connectivity index (χ1n) is 13.0. The summed E-state index contributed by atoms with van der Waals surface area (Å²) in [5.41, 5.74) is 4.38. The fourth-order valence-corrected chi connectivity index (χ4v) is 5.87. The molecule has 2 N–H and O–H groups in total. The van der Waals surface area contributed by atoms with E-state index >= 15 is 0 Å². The predicted octanol–water partition coefficient (Wildman–Crippen LogP) is 6.28. The smallest absolute Gasteiger partial charge is 0.410 e. The molecule has 4 aromatic heterocycles. The van der Waals surface area contributed by atoms with Crippen molar-refractivity contribution in [1.82, 2.24) is 29.4 Å². The SMILES string of the molecule is Cc1nccn1Cc1ccc(Nc2nc(-c3cc4c(s3)CCN(C(=O)OC(C)(C)C)C4)c3cc[nH]c3n2)cc1. The Bertz CT molecular complexity index is 1640. The monoisotopic (exact) mass is 541 g/mol. The summed E-state index contributed by atoms with van der Waals surface area (Å²) in [6.07, 6.45) is 6.22. The van der Waals surface area contributed by atoms with E-state index < -0.39 is 5.60 Å². The number of H-pyrrole nitrogens is 1. The summed E-state index contributed by atoms with van der Waals surface area (Å²) in [7, 11) is 0. The summed E-state index contributed by atoms with van der Waals surface area (Å²) >= 11 is 1.74. The van der Waals surface area contributed by atoms with E-state index in [2.05, 4.69) is 38.1 Å². The highest BCUT2D eigenvalue weighted by atomic mass is 32.1. The number of hydrogen-bond donors (Lipinski definition) is 2. The Balaban J connectivity index is 1.23. The first kappa shape index (κ1) is 25.1. The van der Waals surface area contributed by atoms with E-state index in [1.54, 1.807) is 16.2 Å². The van der Waals surface area contributed by atoms with Gasteiger partial charge in [0, 0.05) is 47.6 Å². The van der Waals surface area contributed by atoms with Gasteiger partial charge in [0.15, 0.2) is 0 Å². The molecule has 5 heterocycles. The summed E-state index contributed by atoms with van der Waals surface area (Å²) in [5.74, 6) is 1.52. The van der Waals surface area contributed by atoms with Crippen LogP contribution >= 0.6 is 11.3 Å². The van der Waals surface area contributed by atoms with Crippen molar-refractivity contribution in [3.63, 3.8) is 0 Å². The zero-order chi connectivity index (χ0) is 27.1. The fourth-order valence-electron chi connectivity index (χ4n) is 4.71. The summed E-state index contributed by atoms with van der Waals surface area (Å²) < 4.78 is 7.71. The molecule has 1 amide bonds. The number of carbonyl (C=O) groups is 1. The zero-order valence-electron chi connectivity index (χ0n) is 22.5. The van der Waals surface area contributed by atoms with E-state index in [9.17, 15) is 4.79 Å². The van der Waals surface area contributed by atoms with Gasteiger partial charge in [-0.15, -0.1) is 11.3 Å². The number of hydrogen-bond acceptors (Lipinski definition) is 7. The maximum Gasteiger partial charge on any atom is 0.410 e. The van der Waals surface area contributed by atoms with Crippen LogP contribution in [0.15, 0.2) is 55.0 Å². The van der Waals surface area contributed by atoms with Crippen molar-refractivity contribution in [2.75, 3.05) is 11.9 Å². The molecule has 0 atom stereocenters. The van der Waals surface area contributed by atoms with E-state index in [1.807, 2.05) is 64.5 Å². The van der Waals surface area contributed by atoms with E-state index in [1.165, 1.54) is 10.4 Å². The summed E-state index contributed by atoms with van der Waals surface area (Å²) in [6, 6.07) is 12.4. The second-order valence-electron chi connectivity index (χ2n) is 10.8. The molecular weight excluding hydrogens is 510 g/mol. The maximum absolute atomic E-state index is 12.6. The largest absolute Gasteiger partial charge is 0.444 e. The summed E-state index contributed by atoms with van der Waals surface area (Å²) in [6.45, 7) is 9.64. The normalized spacial score (nSPS) is 13.5. The number of aromatic nitrogens is 5. The molecule has 1 aliphatic rings. The third kappa shape index (κ3) is 5.37. The van der Waals surface area contributed by atoms with Crippen LogP contribution in [0.4, 0.5) is 16.4 Å². The number of ether oxygens (including phenoxy) is 1. The van der Waals surface area contributed by atoms with Crippen LogP contribution in [0.25, 0.3) is 21.6 Å². The first-order valence-corrected chi connectivity index (χ1v) is 13.8. The highest BCUT2D eigenvalue weighted by molar-refractivity contribution is 7.15. The average Bonchev–Trinajstić information content (AvgIpc) is 3.63. The predicted molar refractivity (Wildman–Crippen MR) is 153 cm³/mol. The second kappa shape index (κ2) is 9.85. The van der Waals surface area contributed by atoms with Gasteiger partial charge in [0.2, 0.25) is 5.95 Å². The van der Waals surface area contributed by atoms with Gasteiger partial charge in [-0.1, -0.05) is 12.1 Å². The first-order chi connectivity index (χ1) is 18.7. The number of thiophene rings is 1. The standard InChI is InChI=1S/C29H31N7O2S/c1-18-30-12-14-35(18)16-19-5-7-21(8-6-19)32-27-33-25(22-9-11-31-26(22)34-27)24-15-20-17-36(13-10-23(20)39-24)28(37)38-29(2,3)4/h5-9,11-12,14-15H,10,13,16-17H2,1-4H3,(H2,31,32,33,34). The Labute approximate surface area is 230 Å². The highest BCUT2D eigenvalue weighted by Crippen LogP contribution is 2.37. The molecule has 0 bridgehead atoms. The van der Waals surface area contributed by atoms with Crippen LogP contribution in [-0.2, 0) is 24.2 Å². The molecule has 6 rings (SSSR count). The minimum Gasteiger partial charge on any atom is -0.444 e. The van der Waals surface area contributed by atoms with Crippen LogP contribution in [-0.4, -0.2) is 47.6 Å². The Kier molecular flexibility index (Phi) is 6.34. The Morgan fingerprint density at radius 3 is 2.74 bits per heavy atom. The second-order valence-corrected chi connectivity index (χ2v) is 11.9. The van der Waals surface area contributed by atoms with Crippen molar-refractivity contribution < 1.29 is 9.53 Å². The molecule has 10 heteroatoms. The number of amides is 1. The molecule has 0 saturated carbocycles. The number of anilines is 2. The van der Waals surface area contributed by atoms with Crippen LogP contribution in [0.2, 0.25) is 0 Å². The van der Waals surface area contributed by atoms with Gasteiger partial charge in [-0.3, -0.25) is 0 Å². The Morgan fingerprint density at radius 2 is 2.00 bits per heavy atom. The van der Waals surface area contributed by atoms with E-state index in [0.29, 0.717) is 19.0 Å². The topological polar surface area (TPSA) is 101 Å². The number of benzene rings is 1. The number of nitrogens with one attached hydrogen (secondary N) is 2. The van der Waals surface area contributed by atoms with Gasteiger partial charge in [-0.25, -0.2) is 14.8 Å². The van der Waals surface area contributed by atoms with Crippen LogP contribution in [0.5, 0.6) is 0 Å². The van der Waals surface area contributed by atoms with Crippen molar-refractivity contribution in [3.05, 3.63) is 76.8 Å². The molecule has 39 heavy (non-hydrogen) atoms. The minimum atomic E-state index is -0.513. The quantitative estimate of drug-likeness (QED) is 0.272. The fraction of sp³-hybridized carbons (Fsp3) is 0.310. The third-order valence-corrected chi connectivity index (χ3v) is 7.90. The van der Waals surface area contributed by atoms with Gasteiger partial charge >= 0.3 is 6.09 Å². The number of aryl methyl sites for hydroxylation is 1. The van der Waals surface area contributed by atoms with Crippen molar-refractivity contribution in [1.29, 1.82) is 0 Å². The van der Waals surface area contributed by atoms with Gasteiger partial charge < -0.3 is 24.5 Å². The molecule has 200 valence electrons.